The fraction of sp³-hybridized carbons (Fsp3) is 0.182. The van der Waals surface area contributed by atoms with E-state index in [1.54, 1.807) is 55.5 Å². The molecule has 1 unspecified atom stereocenters. The van der Waals surface area contributed by atoms with Crippen LogP contribution in [0.4, 0.5) is 11.4 Å². The van der Waals surface area contributed by atoms with Crippen LogP contribution >= 0.6 is 0 Å². The number of anilines is 2. The Morgan fingerprint density at radius 2 is 1.84 bits per heavy atom. The van der Waals surface area contributed by atoms with Crippen molar-refractivity contribution < 1.29 is 19.1 Å². The number of ether oxygens (including phenoxy) is 2. The molecular formula is C22H23N5O4. The maximum absolute atomic E-state index is 12.6. The van der Waals surface area contributed by atoms with Gasteiger partial charge in [0, 0.05) is 16.9 Å². The number of carbonyl (C=O) groups excluding carboxylic acids is 2. The van der Waals surface area contributed by atoms with E-state index in [2.05, 4.69) is 27.3 Å². The summed E-state index contributed by atoms with van der Waals surface area (Å²) < 4.78 is 12.3. The molecule has 2 aromatic carbocycles. The van der Waals surface area contributed by atoms with Crippen LogP contribution < -0.4 is 20.1 Å². The summed E-state index contributed by atoms with van der Waals surface area (Å²) in [5.41, 5.74) is 1.60. The van der Waals surface area contributed by atoms with Crippen molar-refractivity contribution in [3.05, 3.63) is 73.3 Å². The average molecular weight is 421 g/mol. The summed E-state index contributed by atoms with van der Waals surface area (Å²) in [7, 11) is 1.51. The van der Waals surface area contributed by atoms with E-state index < -0.39 is 6.04 Å². The lowest BCUT2D eigenvalue weighted by molar-refractivity contribution is -0.119. The van der Waals surface area contributed by atoms with Crippen LogP contribution in [0.25, 0.3) is 0 Å². The molecule has 0 aliphatic rings. The molecule has 160 valence electrons. The highest BCUT2D eigenvalue weighted by Gasteiger charge is 2.16. The standard InChI is InChI=1S/C22H23N5O4/c1-4-11-31-19-10-5-16(12-20(19)30-3)22(29)26-18-8-6-17(7-9-18)25-21(28)15(2)27-14-23-13-24-27/h4-10,12-15H,1,11H2,2-3H3,(H,25,28)(H,26,29). The summed E-state index contributed by atoms with van der Waals surface area (Å²) in [4.78, 5) is 28.7. The molecule has 31 heavy (non-hydrogen) atoms. The number of hydrogen-bond donors (Lipinski definition) is 2. The van der Waals surface area contributed by atoms with Gasteiger partial charge in [0.25, 0.3) is 5.91 Å². The third-order valence-corrected chi connectivity index (χ3v) is 4.41. The summed E-state index contributed by atoms with van der Waals surface area (Å²) in [6.07, 6.45) is 4.48. The molecule has 1 atom stereocenters. The van der Waals surface area contributed by atoms with E-state index in [4.69, 9.17) is 9.47 Å². The van der Waals surface area contributed by atoms with E-state index in [0.29, 0.717) is 35.0 Å². The number of amides is 2. The minimum atomic E-state index is -0.504. The summed E-state index contributed by atoms with van der Waals surface area (Å²) in [5, 5.41) is 9.58. The van der Waals surface area contributed by atoms with Crippen molar-refractivity contribution in [2.75, 3.05) is 24.4 Å². The average Bonchev–Trinajstić information content (AvgIpc) is 3.33. The van der Waals surface area contributed by atoms with Crippen LogP contribution in [0.1, 0.15) is 23.3 Å². The first-order valence-electron chi connectivity index (χ1n) is 9.50. The van der Waals surface area contributed by atoms with Crippen molar-refractivity contribution in [2.45, 2.75) is 13.0 Å². The van der Waals surface area contributed by atoms with Crippen LogP contribution in [-0.4, -0.2) is 40.3 Å². The summed E-state index contributed by atoms with van der Waals surface area (Å²) in [5.74, 6) is 0.450. The zero-order valence-corrected chi connectivity index (χ0v) is 17.2. The highest BCUT2D eigenvalue weighted by atomic mass is 16.5. The molecule has 1 aromatic heterocycles. The van der Waals surface area contributed by atoms with Gasteiger partial charge in [0.05, 0.1) is 7.11 Å². The maximum Gasteiger partial charge on any atom is 0.255 e. The fourth-order valence-corrected chi connectivity index (χ4v) is 2.70. The summed E-state index contributed by atoms with van der Waals surface area (Å²) in [6, 6.07) is 11.2. The zero-order valence-electron chi connectivity index (χ0n) is 17.2. The Morgan fingerprint density at radius 1 is 1.13 bits per heavy atom. The lowest BCUT2D eigenvalue weighted by Crippen LogP contribution is -2.24. The Kier molecular flexibility index (Phi) is 7.00. The number of benzene rings is 2. The smallest absolute Gasteiger partial charge is 0.255 e. The van der Waals surface area contributed by atoms with Crippen molar-refractivity contribution in [3.63, 3.8) is 0 Å². The van der Waals surface area contributed by atoms with Crippen LogP contribution in [0.15, 0.2) is 67.8 Å². The fourth-order valence-electron chi connectivity index (χ4n) is 2.70. The number of nitrogens with zero attached hydrogens (tertiary/aromatic N) is 3. The molecule has 0 aliphatic heterocycles. The molecular weight excluding hydrogens is 398 g/mol. The first kappa shape index (κ1) is 21.6. The second-order valence-corrected chi connectivity index (χ2v) is 6.54. The Morgan fingerprint density at radius 3 is 2.45 bits per heavy atom. The molecule has 1 heterocycles. The third kappa shape index (κ3) is 5.47. The number of rotatable bonds is 9. The van der Waals surface area contributed by atoms with Gasteiger partial charge in [-0.3, -0.25) is 9.59 Å². The number of hydrogen-bond acceptors (Lipinski definition) is 6. The molecule has 0 saturated heterocycles. The zero-order chi connectivity index (χ0) is 22.2. The molecule has 2 N–H and O–H groups in total. The van der Waals surface area contributed by atoms with Crippen LogP contribution in [-0.2, 0) is 4.79 Å². The SMILES string of the molecule is C=CCOc1ccc(C(=O)Nc2ccc(NC(=O)C(C)n3cncn3)cc2)cc1OC. The molecule has 9 nitrogen and oxygen atoms in total. The highest BCUT2D eigenvalue weighted by molar-refractivity contribution is 6.04. The molecule has 2 amide bonds. The van der Waals surface area contributed by atoms with Gasteiger partial charge in [-0.05, 0) is 49.4 Å². The molecule has 0 bridgehead atoms. The van der Waals surface area contributed by atoms with E-state index in [-0.39, 0.29) is 11.8 Å². The second kappa shape index (κ2) is 10.1. The van der Waals surface area contributed by atoms with Gasteiger partial charge in [-0.1, -0.05) is 12.7 Å². The minimum Gasteiger partial charge on any atom is -0.493 e. The van der Waals surface area contributed by atoms with Gasteiger partial charge in [-0.25, -0.2) is 9.67 Å². The van der Waals surface area contributed by atoms with Gasteiger partial charge in [-0.15, -0.1) is 0 Å². The molecule has 0 fully saturated rings. The Labute approximate surface area is 179 Å². The van der Waals surface area contributed by atoms with Gasteiger partial charge in [-0.2, -0.15) is 5.10 Å². The predicted octanol–water partition coefficient (Wildman–Crippen LogP) is 3.30. The van der Waals surface area contributed by atoms with E-state index in [0.717, 1.165) is 0 Å². The summed E-state index contributed by atoms with van der Waals surface area (Å²) in [6.45, 7) is 5.66. The number of nitrogens with one attached hydrogen (secondary N) is 2. The van der Waals surface area contributed by atoms with E-state index in [9.17, 15) is 9.59 Å². The van der Waals surface area contributed by atoms with E-state index >= 15 is 0 Å². The van der Waals surface area contributed by atoms with Gasteiger partial charge < -0.3 is 20.1 Å². The van der Waals surface area contributed by atoms with Crippen LogP contribution in [0.2, 0.25) is 0 Å². The molecule has 0 radical (unpaired) electrons. The molecule has 0 saturated carbocycles. The topological polar surface area (TPSA) is 107 Å². The number of aromatic nitrogens is 3. The quantitative estimate of drug-likeness (QED) is 0.514. The lowest BCUT2D eigenvalue weighted by Gasteiger charge is -2.13. The normalized spacial score (nSPS) is 11.3. The van der Waals surface area contributed by atoms with Crippen LogP contribution in [0, 0.1) is 0 Å². The number of carbonyl (C=O) groups is 2. The van der Waals surface area contributed by atoms with Crippen molar-refractivity contribution in [1.29, 1.82) is 0 Å². The van der Waals surface area contributed by atoms with Gasteiger partial charge in [0.2, 0.25) is 5.91 Å². The lowest BCUT2D eigenvalue weighted by atomic mass is 10.1. The van der Waals surface area contributed by atoms with E-state index in [1.807, 2.05) is 0 Å². The molecule has 3 aromatic rings. The molecule has 0 aliphatic carbocycles. The molecule has 9 heteroatoms. The van der Waals surface area contributed by atoms with Crippen molar-refractivity contribution in [1.82, 2.24) is 14.8 Å². The third-order valence-electron chi connectivity index (χ3n) is 4.41. The highest BCUT2D eigenvalue weighted by Crippen LogP contribution is 2.28. The van der Waals surface area contributed by atoms with Gasteiger partial charge >= 0.3 is 0 Å². The number of methoxy groups -OCH3 is 1. The van der Waals surface area contributed by atoms with Crippen molar-refractivity contribution >= 4 is 23.2 Å². The van der Waals surface area contributed by atoms with Crippen LogP contribution in [0.3, 0.4) is 0 Å². The summed E-state index contributed by atoms with van der Waals surface area (Å²) >= 11 is 0. The predicted molar refractivity (Wildman–Crippen MR) is 116 cm³/mol. The minimum absolute atomic E-state index is 0.229. The van der Waals surface area contributed by atoms with Crippen molar-refractivity contribution in [3.8, 4) is 11.5 Å². The Balaban J connectivity index is 1.62. The molecule has 0 spiro atoms. The Bertz CT molecular complexity index is 1050. The van der Waals surface area contributed by atoms with Crippen LogP contribution in [0.5, 0.6) is 11.5 Å². The first-order valence-corrected chi connectivity index (χ1v) is 9.50. The second-order valence-electron chi connectivity index (χ2n) is 6.54. The maximum atomic E-state index is 12.6. The first-order chi connectivity index (χ1) is 15.0. The van der Waals surface area contributed by atoms with Crippen molar-refractivity contribution in [2.24, 2.45) is 0 Å². The van der Waals surface area contributed by atoms with E-state index in [1.165, 1.54) is 24.4 Å². The largest absolute Gasteiger partial charge is 0.493 e. The van der Waals surface area contributed by atoms with Gasteiger partial charge in [0.1, 0.15) is 25.3 Å². The Hall–Kier alpha value is -4.14. The van der Waals surface area contributed by atoms with Gasteiger partial charge in [0.15, 0.2) is 11.5 Å². The monoisotopic (exact) mass is 421 g/mol. The molecule has 3 rings (SSSR count).